The number of aromatic nitrogens is 3. The quantitative estimate of drug-likeness (QED) is 0.548. The monoisotopic (exact) mass is 445 g/mol. The number of nitrogens with zero attached hydrogens (tertiary/aromatic N) is 5. The fourth-order valence-corrected chi connectivity index (χ4v) is 4.12. The highest BCUT2D eigenvalue weighted by molar-refractivity contribution is 5.79. The summed E-state index contributed by atoms with van der Waals surface area (Å²) in [5, 5.41) is 0. The minimum atomic E-state index is 0.151. The number of benzene rings is 1. The van der Waals surface area contributed by atoms with Crippen molar-refractivity contribution < 1.29 is 9.53 Å². The van der Waals surface area contributed by atoms with Crippen LogP contribution in [0, 0.1) is 0 Å². The molecular formula is C26H31N5O2. The van der Waals surface area contributed by atoms with Gasteiger partial charge in [-0.25, -0.2) is 9.97 Å². The zero-order valence-electron chi connectivity index (χ0n) is 19.6. The maximum atomic E-state index is 13.1. The molecule has 1 aliphatic rings. The lowest BCUT2D eigenvalue weighted by Gasteiger charge is -2.33. The molecule has 0 bridgehead atoms. The summed E-state index contributed by atoms with van der Waals surface area (Å²) in [7, 11) is 3.96. The highest BCUT2D eigenvalue weighted by atomic mass is 16.5. The first-order chi connectivity index (χ1) is 16.0. The van der Waals surface area contributed by atoms with Gasteiger partial charge in [0.25, 0.3) is 0 Å². The molecule has 0 radical (unpaired) electrons. The van der Waals surface area contributed by atoms with Crippen LogP contribution < -0.4 is 9.64 Å². The molecule has 33 heavy (non-hydrogen) atoms. The van der Waals surface area contributed by atoms with Gasteiger partial charge in [-0.2, -0.15) is 0 Å². The molecule has 7 nitrogen and oxygen atoms in total. The summed E-state index contributed by atoms with van der Waals surface area (Å²) in [6.07, 6.45) is 5.89. The van der Waals surface area contributed by atoms with Crippen molar-refractivity contribution in [2.45, 2.75) is 32.1 Å². The van der Waals surface area contributed by atoms with Gasteiger partial charge in [-0.3, -0.25) is 9.78 Å². The normalized spacial score (nSPS) is 15.8. The predicted octanol–water partition coefficient (Wildman–Crippen LogP) is 3.95. The Morgan fingerprint density at radius 1 is 1.18 bits per heavy atom. The van der Waals surface area contributed by atoms with Gasteiger partial charge in [0.2, 0.25) is 5.91 Å². The van der Waals surface area contributed by atoms with Crippen molar-refractivity contribution in [3.8, 4) is 17.1 Å². The summed E-state index contributed by atoms with van der Waals surface area (Å²) >= 11 is 0. The number of hydrogen-bond donors (Lipinski definition) is 0. The first-order valence-corrected chi connectivity index (χ1v) is 11.5. The third kappa shape index (κ3) is 5.66. The Morgan fingerprint density at radius 2 is 2.00 bits per heavy atom. The van der Waals surface area contributed by atoms with E-state index in [-0.39, 0.29) is 11.8 Å². The first-order valence-electron chi connectivity index (χ1n) is 11.5. The van der Waals surface area contributed by atoms with Crippen LogP contribution in [0.15, 0.2) is 54.9 Å². The van der Waals surface area contributed by atoms with Crippen molar-refractivity contribution in [3.05, 3.63) is 66.1 Å². The number of carbonyl (C=O) groups is 1. The number of hydrogen-bond acceptors (Lipinski definition) is 6. The molecule has 1 saturated heterocycles. The second kappa shape index (κ2) is 10.4. The van der Waals surface area contributed by atoms with Gasteiger partial charge in [-0.15, -0.1) is 0 Å². The Labute approximate surface area is 195 Å². The molecule has 0 N–H and O–H groups in total. The summed E-state index contributed by atoms with van der Waals surface area (Å²) in [6.45, 7) is 4.05. The number of ether oxygens (including phenoxy) is 1. The van der Waals surface area contributed by atoms with Gasteiger partial charge in [-0.1, -0.05) is 12.1 Å². The lowest BCUT2D eigenvalue weighted by molar-refractivity contribution is -0.131. The first kappa shape index (κ1) is 22.7. The van der Waals surface area contributed by atoms with Crippen LogP contribution in [-0.2, 0) is 11.2 Å². The van der Waals surface area contributed by atoms with E-state index in [1.165, 1.54) is 0 Å². The topological polar surface area (TPSA) is 71.5 Å². The van der Waals surface area contributed by atoms with Crippen LogP contribution in [0.25, 0.3) is 11.4 Å². The third-order valence-corrected chi connectivity index (χ3v) is 5.89. The molecule has 4 rings (SSSR count). The predicted molar refractivity (Wildman–Crippen MR) is 129 cm³/mol. The molecular weight excluding hydrogens is 414 g/mol. The molecule has 1 amide bonds. The Bertz CT molecular complexity index is 1070. The average molecular weight is 446 g/mol. The molecule has 0 unspecified atom stereocenters. The summed E-state index contributed by atoms with van der Waals surface area (Å²) in [5.74, 6) is 2.69. The van der Waals surface area contributed by atoms with Crippen molar-refractivity contribution >= 4 is 11.7 Å². The second-order valence-electron chi connectivity index (χ2n) is 8.54. The van der Waals surface area contributed by atoms with Gasteiger partial charge in [0, 0.05) is 57.1 Å². The van der Waals surface area contributed by atoms with E-state index in [4.69, 9.17) is 14.7 Å². The summed E-state index contributed by atoms with van der Waals surface area (Å²) in [6, 6.07) is 13.7. The molecule has 0 aliphatic carbocycles. The van der Waals surface area contributed by atoms with E-state index in [1.807, 2.05) is 73.3 Å². The van der Waals surface area contributed by atoms with Gasteiger partial charge >= 0.3 is 0 Å². The Balaban J connectivity index is 1.50. The van der Waals surface area contributed by atoms with E-state index in [2.05, 4.69) is 4.98 Å². The Kier molecular flexibility index (Phi) is 7.17. The van der Waals surface area contributed by atoms with Gasteiger partial charge in [0.1, 0.15) is 11.6 Å². The van der Waals surface area contributed by atoms with Crippen molar-refractivity contribution in [2.24, 2.45) is 0 Å². The molecule has 2 aromatic heterocycles. The number of anilines is 1. The molecule has 1 aliphatic heterocycles. The maximum absolute atomic E-state index is 13.1. The number of piperidine rings is 1. The van der Waals surface area contributed by atoms with Gasteiger partial charge in [-0.05, 0) is 49.6 Å². The Morgan fingerprint density at radius 3 is 2.70 bits per heavy atom. The molecule has 0 spiro atoms. The lowest BCUT2D eigenvalue weighted by Crippen LogP contribution is -2.40. The van der Waals surface area contributed by atoms with Crippen molar-refractivity contribution in [1.82, 2.24) is 19.9 Å². The van der Waals surface area contributed by atoms with Crippen molar-refractivity contribution in [3.63, 3.8) is 0 Å². The molecule has 172 valence electrons. The molecule has 1 aromatic carbocycles. The molecule has 3 aromatic rings. The zero-order chi connectivity index (χ0) is 23.2. The van der Waals surface area contributed by atoms with Gasteiger partial charge in [0.15, 0.2) is 5.82 Å². The standard InChI is InChI=1S/C26H31N5O2/c1-4-33-22-11-9-19(10-12-22)15-25(32)31-14-6-8-21(18-31)23-16-24(30(2)3)29-26(28-23)20-7-5-13-27-17-20/h5,7,9-13,16-17,21H,4,6,8,14-15,18H2,1-3H3/t21-/m0/s1. The van der Waals surface area contributed by atoms with Crippen LogP contribution in [0.4, 0.5) is 5.82 Å². The smallest absolute Gasteiger partial charge is 0.227 e. The van der Waals surface area contributed by atoms with Crippen LogP contribution in [0.5, 0.6) is 5.75 Å². The van der Waals surface area contributed by atoms with E-state index in [0.717, 1.165) is 47.8 Å². The van der Waals surface area contributed by atoms with E-state index >= 15 is 0 Å². The van der Waals surface area contributed by atoms with Crippen LogP contribution in [-0.4, -0.2) is 59.6 Å². The highest BCUT2D eigenvalue weighted by Crippen LogP contribution is 2.29. The van der Waals surface area contributed by atoms with E-state index in [9.17, 15) is 4.79 Å². The third-order valence-electron chi connectivity index (χ3n) is 5.89. The van der Waals surface area contributed by atoms with Crippen LogP contribution in [0.2, 0.25) is 0 Å². The maximum Gasteiger partial charge on any atom is 0.227 e. The van der Waals surface area contributed by atoms with E-state index in [1.54, 1.807) is 12.4 Å². The molecule has 1 fully saturated rings. The fourth-order valence-electron chi connectivity index (χ4n) is 4.12. The summed E-state index contributed by atoms with van der Waals surface area (Å²) in [4.78, 5) is 30.8. The van der Waals surface area contributed by atoms with Crippen molar-refractivity contribution in [1.29, 1.82) is 0 Å². The number of pyridine rings is 1. The average Bonchev–Trinajstić information content (AvgIpc) is 2.85. The minimum Gasteiger partial charge on any atom is -0.494 e. The number of rotatable bonds is 7. The Hall–Kier alpha value is -3.48. The number of likely N-dealkylation sites (tertiary alicyclic amines) is 1. The van der Waals surface area contributed by atoms with Gasteiger partial charge in [0.05, 0.1) is 18.7 Å². The molecule has 1 atom stereocenters. The number of carbonyl (C=O) groups excluding carboxylic acids is 1. The summed E-state index contributed by atoms with van der Waals surface area (Å²) < 4.78 is 5.50. The van der Waals surface area contributed by atoms with Crippen molar-refractivity contribution in [2.75, 3.05) is 38.7 Å². The number of amides is 1. The molecule has 7 heteroatoms. The minimum absolute atomic E-state index is 0.151. The summed E-state index contributed by atoms with van der Waals surface area (Å²) in [5.41, 5.74) is 2.87. The largest absolute Gasteiger partial charge is 0.494 e. The van der Waals surface area contributed by atoms with E-state index in [0.29, 0.717) is 25.4 Å². The van der Waals surface area contributed by atoms with E-state index < -0.39 is 0 Å². The SMILES string of the molecule is CCOc1ccc(CC(=O)N2CCC[C@H](c3cc(N(C)C)nc(-c4cccnc4)n3)C2)cc1. The molecule has 3 heterocycles. The fraction of sp³-hybridized carbons (Fsp3) is 0.385. The van der Waals surface area contributed by atoms with Crippen LogP contribution in [0.3, 0.4) is 0 Å². The van der Waals surface area contributed by atoms with Crippen LogP contribution in [0.1, 0.15) is 36.9 Å². The highest BCUT2D eigenvalue weighted by Gasteiger charge is 2.27. The van der Waals surface area contributed by atoms with Gasteiger partial charge < -0.3 is 14.5 Å². The lowest BCUT2D eigenvalue weighted by atomic mass is 9.93. The second-order valence-corrected chi connectivity index (χ2v) is 8.54. The molecule has 0 saturated carbocycles. The zero-order valence-corrected chi connectivity index (χ0v) is 19.6. The van der Waals surface area contributed by atoms with Crippen LogP contribution >= 0.6 is 0 Å².